The molecule has 0 fully saturated rings. The molecule has 0 saturated heterocycles. The maximum Gasteiger partial charge on any atom is 0.357 e. The quantitative estimate of drug-likeness (QED) is 0.626. The van der Waals surface area contributed by atoms with Crippen molar-refractivity contribution < 1.29 is 13.9 Å². The number of nitrogens with two attached hydrogens (primary N) is 1. The van der Waals surface area contributed by atoms with E-state index in [0.717, 1.165) is 6.07 Å². The van der Waals surface area contributed by atoms with Gasteiger partial charge in [-0.3, -0.25) is 0 Å². The topological polar surface area (TPSA) is 65.2 Å². The minimum atomic E-state index is -0.835. The number of carbonyl (C=O) groups is 1. The first-order chi connectivity index (χ1) is 6.91. The molecule has 2 N–H and O–H groups in total. The number of hydrogen-bond acceptors (Lipinski definition) is 4. The van der Waals surface area contributed by atoms with Crippen LogP contribution in [0.4, 0.5) is 10.1 Å². The molecule has 0 spiro atoms. The van der Waals surface area contributed by atoms with Gasteiger partial charge in [0.05, 0.1) is 11.8 Å². The molecule has 0 amide bonds. The van der Waals surface area contributed by atoms with Crippen LogP contribution in [-0.2, 0) is 4.74 Å². The van der Waals surface area contributed by atoms with Crippen LogP contribution in [0, 0.1) is 5.82 Å². The summed E-state index contributed by atoms with van der Waals surface area (Å²) in [6.45, 7) is 3.37. The number of ether oxygens (including phenoxy) is 1. The molecule has 0 aliphatic heterocycles. The van der Waals surface area contributed by atoms with Crippen LogP contribution in [0.3, 0.4) is 0 Å². The third-order valence-corrected chi connectivity index (χ3v) is 1.75. The second kappa shape index (κ2) is 4.44. The Labute approximate surface area is 91.2 Å². The molecule has 0 aliphatic carbocycles. The maximum atomic E-state index is 13.0. The number of halogens is 2. The van der Waals surface area contributed by atoms with Crippen LogP contribution in [0.2, 0.25) is 5.15 Å². The first kappa shape index (κ1) is 11.7. The van der Waals surface area contributed by atoms with E-state index in [1.54, 1.807) is 13.8 Å². The van der Waals surface area contributed by atoms with E-state index in [2.05, 4.69) is 4.98 Å². The zero-order valence-corrected chi connectivity index (χ0v) is 9.01. The van der Waals surface area contributed by atoms with Gasteiger partial charge < -0.3 is 10.5 Å². The van der Waals surface area contributed by atoms with E-state index in [-0.39, 0.29) is 17.5 Å². The van der Waals surface area contributed by atoms with Gasteiger partial charge in [0.2, 0.25) is 0 Å². The van der Waals surface area contributed by atoms with Crippen molar-refractivity contribution in [1.82, 2.24) is 4.98 Å². The monoisotopic (exact) mass is 232 g/mol. The van der Waals surface area contributed by atoms with E-state index < -0.39 is 16.9 Å². The lowest BCUT2D eigenvalue weighted by Gasteiger charge is -2.08. The van der Waals surface area contributed by atoms with Gasteiger partial charge in [0.1, 0.15) is 0 Å². The lowest BCUT2D eigenvalue weighted by Crippen LogP contribution is -2.14. The second-order valence-electron chi connectivity index (χ2n) is 3.16. The number of nitrogen functional groups attached to an aromatic ring is 1. The molecule has 6 heteroatoms. The number of pyridine rings is 1. The number of anilines is 1. The van der Waals surface area contributed by atoms with E-state index in [9.17, 15) is 9.18 Å². The Morgan fingerprint density at radius 1 is 1.67 bits per heavy atom. The van der Waals surface area contributed by atoms with Crippen LogP contribution >= 0.6 is 11.6 Å². The third kappa shape index (κ3) is 2.79. The normalized spacial score (nSPS) is 10.5. The summed E-state index contributed by atoms with van der Waals surface area (Å²) in [4.78, 5) is 14.9. The van der Waals surface area contributed by atoms with Crippen LogP contribution in [0.5, 0.6) is 0 Å². The van der Waals surface area contributed by atoms with Crippen molar-refractivity contribution in [3.05, 3.63) is 22.7 Å². The fourth-order valence-corrected chi connectivity index (χ4v) is 1.10. The highest BCUT2D eigenvalue weighted by Gasteiger charge is 2.15. The van der Waals surface area contributed by atoms with Crippen LogP contribution in [0.15, 0.2) is 6.07 Å². The fourth-order valence-electron chi connectivity index (χ4n) is 0.896. The molecule has 15 heavy (non-hydrogen) atoms. The summed E-state index contributed by atoms with van der Waals surface area (Å²) in [6, 6.07) is 1.09. The Morgan fingerprint density at radius 2 is 2.27 bits per heavy atom. The molecule has 4 nitrogen and oxygen atoms in total. The average molecular weight is 233 g/mol. The van der Waals surface area contributed by atoms with E-state index in [1.165, 1.54) is 0 Å². The summed E-state index contributed by atoms with van der Waals surface area (Å²) in [7, 11) is 0. The Bertz CT molecular complexity index is 373. The minimum Gasteiger partial charge on any atom is -0.458 e. The number of carbonyl (C=O) groups excluding carboxylic acids is 1. The number of nitrogens with zero attached hydrogens (tertiary/aromatic N) is 1. The summed E-state index contributed by atoms with van der Waals surface area (Å²) in [6.07, 6.45) is -0.288. The van der Waals surface area contributed by atoms with Crippen molar-refractivity contribution in [2.24, 2.45) is 0 Å². The molecule has 0 saturated carbocycles. The summed E-state index contributed by atoms with van der Waals surface area (Å²) in [5.41, 5.74) is 4.95. The van der Waals surface area contributed by atoms with Gasteiger partial charge in [-0.1, -0.05) is 11.6 Å². The molecule has 1 rings (SSSR count). The molecule has 1 heterocycles. The fraction of sp³-hybridized carbons (Fsp3) is 0.333. The molecule has 0 radical (unpaired) electrons. The van der Waals surface area contributed by atoms with Crippen molar-refractivity contribution in [2.75, 3.05) is 5.73 Å². The molecule has 0 unspecified atom stereocenters. The average Bonchev–Trinajstić information content (AvgIpc) is 2.12. The maximum absolute atomic E-state index is 13.0. The smallest absolute Gasteiger partial charge is 0.357 e. The number of hydrogen-bond donors (Lipinski definition) is 1. The van der Waals surface area contributed by atoms with Crippen molar-refractivity contribution >= 4 is 23.3 Å². The van der Waals surface area contributed by atoms with Gasteiger partial charge in [0.25, 0.3) is 0 Å². The predicted molar refractivity (Wildman–Crippen MR) is 54.2 cm³/mol. The first-order valence-electron chi connectivity index (χ1n) is 4.24. The van der Waals surface area contributed by atoms with Gasteiger partial charge in [-0.05, 0) is 19.9 Å². The molecular formula is C9H10ClFN2O2. The highest BCUT2D eigenvalue weighted by Crippen LogP contribution is 2.19. The standard InChI is InChI=1S/C9H10ClFN2O2/c1-4(2)15-9(14)6-3-5(12)7(11)8(10)13-6/h3-4H,1-2H3,(H2,12,13). The predicted octanol–water partition coefficient (Wildman–Crippen LogP) is 2.02. The Balaban J connectivity index is 3.01. The zero-order chi connectivity index (χ0) is 11.6. The summed E-state index contributed by atoms with van der Waals surface area (Å²) in [5.74, 6) is -1.52. The lowest BCUT2D eigenvalue weighted by atomic mass is 10.3. The van der Waals surface area contributed by atoms with Crippen molar-refractivity contribution in [3.8, 4) is 0 Å². The minimum absolute atomic E-state index is 0.104. The van der Waals surface area contributed by atoms with Gasteiger partial charge >= 0.3 is 5.97 Å². The molecule has 0 aromatic carbocycles. The highest BCUT2D eigenvalue weighted by molar-refractivity contribution is 6.30. The van der Waals surface area contributed by atoms with Gasteiger partial charge in [0.15, 0.2) is 16.7 Å². The lowest BCUT2D eigenvalue weighted by molar-refractivity contribution is 0.0371. The Morgan fingerprint density at radius 3 is 2.73 bits per heavy atom. The van der Waals surface area contributed by atoms with E-state index in [0.29, 0.717) is 0 Å². The first-order valence-corrected chi connectivity index (χ1v) is 4.62. The van der Waals surface area contributed by atoms with Crippen LogP contribution in [0.25, 0.3) is 0 Å². The third-order valence-electron chi connectivity index (χ3n) is 1.50. The SMILES string of the molecule is CC(C)OC(=O)c1cc(N)c(F)c(Cl)n1. The number of aromatic nitrogens is 1. The Kier molecular flexibility index (Phi) is 3.47. The molecule has 1 aromatic rings. The summed E-state index contributed by atoms with van der Waals surface area (Å²) >= 11 is 5.43. The van der Waals surface area contributed by atoms with Gasteiger partial charge in [-0.2, -0.15) is 0 Å². The van der Waals surface area contributed by atoms with Crippen molar-refractivity contribution in [2.45, 2.75) is 20.0 Å². The number of esters is 1. The van der Waals surface area contributed by atoms with Gasteiger partial charge in [-0.25, -0.2) is 14.2 Å². The molecule has 0 bridgehead atoms. The van der Waals surface area contributed by atoms with Gasteiger partial charge in [0, 0.05) is 0 Å². The van der Waals surface area contributed by atoms with E-state index in [4.69, 9.17) is 22.1 Å². The van der Waals surface area contributed by atoms with Crippen molar-refractivity contribution in [1.29, 1.82) is 0 Å². The second-order valence-corrected chi connectivity index (χ2v) is 3.51. The Hall–Kier alpha value is -1.36. The van der Waals surface area contributed by atoms with E-state index >= 15 is 0 Å². The van der Waals surface area contributed by atoms with Crippen molar-refractivity contribution in [3.63, 3.8) is 0 Å². The van der Waals surface area contributed by atoms with Crippen LogP contribution in [-0.4, -0.2) is 17.1 Å². The molecule has 82 valence electrons. The molecule has 0 atom stereocenters. The number of rotatable bonds is 2. The van der Waals surface area contributed by atoms with Crippen LogP contribution < -0.4 is 5.73 Å². The van der Waals surface area contributed by atoms with Gasteiger partial charge in [-0.15, -0.1) is 0 Å². The summed E-state index contributed by atoms with van der Waals surface area (Å²) < 4.78 is 17.8. The largest absolute Gasteiger partial charge is 0.458 e. The molecule has 0 aliphatic rings. The highest BCUT2D eigenvalue weighted by atomic mass is 35.5. The molecular weight excluding hydrogens is 223 g/mol. The van der Waals surface area contributed by atoms with E-state index in [1.807, 2.05) is 0 Å². The van der Waals surface area contributed by atoms with Crippen LogP contribution in [0.1, 0.15) is 24.3 Å². The molecule has 1 aromatic heterocycles. The summed E-state index contributed by atoms with van der Waals surface area (Å²) in [5, 5.41) is -0.439. The zero-order valence-electron chi connectivity index (χ0n) is 8.25.